The van der Waals surface area contributed by atoms with Gasteiger partial charge in [-0.2, -0.15) is 13.2 Å². The van der Waals surface area contributed by atoms with Crippen molar-refractivity contribution in [2.45, 2.75) is 31.3 Å². The first-order valence-corrected chi connectivity index (χ1v) is 6.06. The van der Waals surface area contributed by atoms with Crippen LogP contribution in [-0.4, -0.2) is 22.6 Å². The van der Waals surface area contributed by atoms with Gasteiger partial charge in [-0.25, -0.2) is 0 Å². The van der Waals surface area contributed by atoms with E-state index in [2.05, 4.69) is 20.9 Å². The summed E-state index contributed by atoms with van der Waals surface area (Å²) >= 11 is 2.55. The molecular formula is C11H13BrF3NO. The van der Waals surface area contributed by atoms with E-state index in [1.165, 1.54) is 0 Å². The Morgan fingerprint density at radius 3 is 2.59 bits per heavy atom. The number of halogens is 4. The minimum atomic E-state index is -4.30. The van der Waals surface area contributed by atoms with Crippen molar-refractivity contribution in [2.24, 2.45) is 0 Å². The van der Waals surface area contributed by atoms with Crippen molar-refractivity contribution in [1.29, 1.82) is 0 Å². The highest BCUT2D eigenvalue weighted by atomic mass is 79.9. The van der Waals surface area contributed by atoms with Crippen molar-refractivity contribution in [2.75, 3.05) is 6.61 Å². The van der Waals surface area contributed by atoms with E-state index in [0.29, 0.717) is 17.9 Å². The van der Waals surface area contributed by atoms with E-state index in [4.69, 9.17) is 4.74 Å². The lowest BCUT2D eigenvalue weighted by Crippen LogP contribution is -2.29. The zero-order valence-corrected chi connectivity index (χ0v) is 11.1. The second-order valence-electron chi connectivity index (χ2n) is 3.57. The van der Waals surface area contributed by atoms with Crippen molar-refractivity contribution in [3.8, 4) is 5.75 Å². The highest BCUT2D eigenvalue weighted by Gasteiger charge is 2.38. The van der Waals surface area contributed by atoms with Gasteiger partial charge < -0.3 is 4.74 Å². The van der Waals surface area contributed by atoms with Crippen LogP contribution in [0.4, 0.5) is 13.2 Å². The zero-order chi connectivity index (χ0) is 13.1. The Kier molecular flexibility index (Phi) is 4.80. The Hall–Kier alpha value is -0.780. The first-order chi connectivity index (χ1) is 7.84. The number of aryl methyl sites for hydroxylation is 2. The van der Waals surface area contributed by atoms with E-state index in [-0.39, 0.29) is 0 Å². The van der Waals surface area contributed by atoms with Gasteiger partial charge in [-0.15, -0.1) is 0 Å². The molecule has 0 saturated heterocycles. The quantitative estimate of drug-likeness (QED) is 0.792. The standard InChI is InChI=1S/C11H13BrF3NO/c1-3-8-9(5-4-7(2)16-8)17-6-10(12)11(13,14)15/h4-5,10H,3,6H2,1-2H3. The topological polar surface area (TPSA) is 22.1 Å². The highest BCUT2D eigenvalue weighted by molar-refractivity contribution is 9.09. The fourth-order valence-electron chi connectivity index (χ4n) is 1.24. The molecule has 0 aliphatic heterocycles. The number of nitrogens with zero attached hydrogens (tertiary/aromatic N) is 1. The molecule has 2 nitrogen and oxygen atoms in total. The molecule has 1 rings (SSSR count). The molecule has 1 unspecified atom stereocenters. The van der Waals surface area contributed by atoms with E-state index >= 15 is 0 Å². The third-order valence-electron chi connectivity index (χ3n) is 2.15. The molecule has 0 bridgehead atoms. The van der Waals surface area contributed by atoms with Gasteiger partial charge in [-0.3, -0.25) is 4.98 Å². The summed E-state index contributed by atoms with van der Waals surface area (Å²) in [5.41, 5.74) is 1.49. The van der Waals surface area contributed by atoms with Gasteiger partial charge in [-0.05, 0) is 25.5 Å². The molecule has 1 aromatic rings. The molecule has 0 spiro atoms. The molecular weight excluding hydrogens is 299 g/mol. The molecule has 6 heteroatoms. The summed E-state index contributed by atoms with van der Waals surface area (Å²) < 4.78 is 41.9. The van der Waals surface area contributed by atoms with Crippen LogP contribution >= 0.6 is 15.9 Å². The number of aromatic nitrogens is 1. The minimum absolute atomic E-state index is 0.409. The molecule has 1 aromatic heterocycles. The van der Waals surface area contributed by atoms with E-state index in [0.717, 1.165) is 5.69 Å². The van der Waals surface area contributed by atoms with Crippen molar-refractivity contribution < 1.29 is 17.9 Å². The largest absolute Gasteiger partial charge is 0.490 e. The van der Waals surface area contributed by atoms with Crippen LogP contribution in [0.5, 0.6) is 5.75 Å². The van der Waals surface area contributed by atoms with Crippen molar-refractivity contribution >= 4 is 15.9 Å². The molecule has 1 heterocycles. The van der Waals surface area contributed by atoms with Crippen LogP contribution in [0.1, 0.15) is 18.3 Å². The van der Waals surface area contributed by atoms with Crippen LogP contribution in [-0.2, 0) is 6.42 Å². The molecule has 0 radical (unpaired) electrons. The van der Waals surface area contributed by atoms with Crippen molar-refractivity contribution in [3.05, 3.63) is 23.5 Å². The van der Waals surface area contributed by atoms with Crippen molar-refractivity contribution in [3.63, 3.8) is 0 Å². The average molecular weight is 312 g/mol. The molecule has 1 atom stereocenters. The lowest BCUT2D eigenvalue weighted by Gasteiger charge is -2.16. The fraction of sp³-hybridized carbons (Fsp3) is 0.545. The van der Waals surface area contributed by atoms with Crippen LogP contribution in [0.2, 0.25) is 0 Å². The van der Waals surface area contributed by atoms with Crippen LogP contribution < -0.4 is 4.74 Å². The second-order valence-corrected chi connectivity index (χ2v) is 4.68. The van der Waals surface area contributed by atoms with E-state index in [9.17, 15) is 13.2 Å². The summed E-state index contributed by atoms with van der Waals surface area (Å²) in [5.74, 6) is 0.409. The van der Waals surface area contributed by atoms with Gasteiger partial charge >= 0.3 is 6.18 Å². The Balaban J connectivity index is 2.69. The summed E-state index contributed by atoms with van der Waals surface area (Å²) in [6.07, 6.45) is -3.68. The number of pyridine rings is 1. The highest BCUT2D eigenvalue weighted by Crippen LogP contribution is 2.27. The smallest absolute Gasteiger partial charge is 0.404 e. The minimum Gasteiger partial charge on any atom is -0.490 e. The maximum atomic E-state index is 12.3. The second kappa shape index (κ2) is 5.71. The molecule has 17 heavy (non-hydrogen) atoms. The first-order valence-electron chi connectivity index (χ1n) is 5.14. The molecule has 0 aliphatic carbocycles. The zero-order valence-electron chi connectivity index (χ0n) is 9.51. The van der Waals surface area contributed by atoms with Gasteiger partial charge in [0.2, 0.25) is 0 Å². The summed E-state index contributed by atoms with van der Waals surface area (Å²) in [5, 5.41) is 0. The number of hydrogen-bond acceptors (Lipinski definition) is 2. The Labute approximate surface area is 106 Å². The number of hydrogen-bond donors (Lipinski definition) is 0. The van der Waals surface area contributed by atoms with Gasteiger partial charge in [-0.1, -0.05) is 22.9 Å². The molecule has 0 N–H and O–H groups in total. The number of rotatable bonds is 4. The Morgan fingerprint density at radius 1 is 1.41 bits per heavy atom. The third-order valence-corrected chi connectivity index (χ3v) is 2.93. The van der Waals surface area contributed by atoms with E-state index < -0.39 is 17.6 Å². The lowest BCUT2D eigenvalue weighted by atomic mass is 10.2. The van der Waals surface area contributed by atoms with Crippen molar-refractivity contribution in [1.82, 2.24) is 4.98 Å². The molecule has 0 aliphatic rings. The van der Waals surface area contributed by atoms with Gasteiger partial charge in [0, 0.05) is 5.69 Å². The monoisotopic (exact) mass is 311 g/mol. The van der Waals surface area contributed by atoms with Gasteiger partial charge in [0.1, 0.15) is 17.2 Å². The molecule has 0 amide bonds. The summed E-state index contributed by atoms with van der Waals surface area (Å²) in [4.78, 5) is 2.54. The Bertz CT molecular complexity index is 381. The van der Waals surface area contributed by atoms with Crippen LogP contribution in [0.25, 0.3) is 0 Å². The normalized spacial score (nSPS) is 13.5. The van der Waals surface area contributed by atoms with Gasteiger partial charge in [0.15, 0.2) is 0 Å². The molecule has 96 valence electrons. The average Bonchev–Trinajstić information content (AvgIpc) is 2.25. The maximum Gasteiger partial charge on any atom is 0.404 e. The van der Waals surface area contributed by atoms with Crippen LogP contribution in [0.15, 0.2) is 12.1 Å². The number of alkyl halides is 4. The van der Waals surface area contributed by atoms with Crippen LogP contribution in [0.3, 0.4) is 0 Å². The molecule has 0 saturated carbocycles. The summed E-state index contributed by atoms with van der Waals surface area (Å²) in [6, 6.07) is 3.36. The van der Waals surface area contributed by atoms with Crippen LogP contribution in [0, 0.1) is 6.92 Å². The van der Waals surface area contributed by atoms with Gasteiger partial charge in [0.05, 0.1) is 5.69 Å². The Morgan fingerprint density at radius 2 is 2.06 bits per heavy atom. The molecule has 0 fully saturated rings. The van der Waals surface area contributed by atoms with Gasteiger partial charge in [0.25, 0.3) is 0 Å². The predicted molar refractivity (Wildman–Crippen MR) is 62.6 cm³/mol. The number of ether oxygens (including phenoxy) is 1. The SMILES string of the molecule is CCc1nc(C)ccc1OCC(Br)C(F)(F)F. The first kappa shape index (κ1) is 14.3. The molecule has 0 aromatic carbocycles. The van der Waals surface area contributed by atoms with E-state index in [1.54, 1.807) is 12.1 Å². The predicted octanol–water partition coefficient (Wildman–Crippen LogP) is 3.66. The summed E-state index contributed by atoms with van der Waals surface area (Å²) in [6.45, 7) is 3.25. The lowest BCUT2D eigenvalue weighted by molar-refractivity contribution is -0.132. The van der Waals surface area contributed by atoms with E-state index in [1.807, 2.05) is 13.8 Å². The fourth-order valence-corrected chi connectivity index (χ4v) is 1.37. The third kappa shape index (κ3) is 4.18. The maximum absolute atomic E-state index is 12.3. The summed E-state index contributed by atoms with van der Waals surface area (Å²) in [7, 11) is 0.